The number of halogens is 1. The number of aromatic nitrogens is 1. The molecule has 0 saturated heterocycles. The molecule has 1 aromatic heterocycles. The topological polar surface area (TPSA) is 89.9 Å². The van der Waals surface area contributed by atoms with Gasteiger partial charge in [-0.2, -0.15) is 5.10 Å². The smallest absolute Gasteiger partial charge is 0.345 e. The van der Waals surface area contributed by atoms with E-state index in [9.17, 15) is 9.59 Å². The van der Waals surface area contributed by atoms with Gasteiger partial charge in [0, 0.05) is 12.4 Å². The number of hydrazone groups is 1. The summed E-state index contributed by atoms with van der Waals surface area (Å²) >= 11 is 6.05. The van der Waals surface area contributed by atoms with Crippen molar-refractivity contribution in [1.82, 2.24) is 10.4 Å². The first-order valence-corrected chi connectivity index (χ1v) is 9.43. The third-order valence-electron chi connectivity index (χ3n) is 3.87. The van der Waals surface area contributed by atoms with E-state index < -0.39 is 5.97 Å². The number of nitrogens with zero attached hydrogens (tertiary/aromatic N) is 2. The number of nitrogens with one attached hydrogen (secondary N) is 1. The molecule has 0 aliphatic carbocycles. The maximum atomic E-state index is 12.4. The molecule has 0 saturated carbocycles. The molecule has 8 heteroatoms. The van der Waals surface area contributed by atoms with Gasteiger partial charge in [-0.05, 0) is 55.0 Å². The Kier molecular flexibility index (Phi) is 7.13. The third-order valence-corrected chi connectivity index (χ3v) is 4.20. The molecule has 1 N–H and O–H groups in total. The van der Waals surface area contributed by atoms with Crippen molar-refractivity contribution in [2.75, 3.05) is 6.61 Å². The fraction of sp³-hybridized carbons (Fsp3) is 0.0909. The van der Waals surface area contributed by atoms with E-state index in [-0.39, 0.29) is 17.2 Å². The van der Waals surface area contributed by atoms with E-state index in [1.165, 1.54) is 12.4 Å². The zero-order valence-corrected chi connectivity index (χ0v) is 16.8. The van der Waals surface area contributed by atoms with E-state index in [1.54, 1.807) is 60.8 Å². The van der Waals surface area contributed by atoms with E-state index in [4.69, 9.17) is 21.1 Å². The van der Waals surface area contributed by atoms with Gasteiger partial charge < -0.3 is 9.47 Å². The van der Waals surface area contributed by atoms with Crippen molar-refractivity contribution in [2.24, 2.45) is 5.10 Å². The van der Waals surface area contributed by atoms with Gasteiger partial charge in [-0.15, -0.1) is 0 Å². The summed E-state index contributed by atoms with van der Waals surface area (Å²) in [5, 5.41) is 4.24. The maximum Gasteiger partial charge on any atom is 0.345 e. The van der Waals surface area contributed by atoms with Gasteiger partial charge in [-0.3, -0.25) is 9.78 Å². The van der Waals surface area contributed by atoms with E-state index in [1.807, 2.05) is 6.92 Å². The minimum Gasteiger partial charge on any atom is -0.490 e. The van der Waals surface area contributed by atoms with Crippen LogP contribution in [-0.4, -0.2) is 29.7 Å². The largest absolute Gasteiger partial charge is 0.490 e. The van der Waals surface area contributed by atoms with Crippen LogP contribution in [0.3, 0.4) is 0 Å². The summed E-state index contributed by atoms with van der Waals surface area (Å²) in [5.41, 5.74) is 3.71. The molecule has 3 rings (SSSR count). The lowest BCUT2D eigenvalue weighted by atomic mass is 10.2. The SMILES string of the molecule is CCOc1cc(/C=N/NC(=O)c2cccnc2)ccc1OC(=O)c1ccccc1Cl. The number of carbonyl (C=O) groups is 2. The Morgan fingerprint density at radius 2 is 1.97 bits per heavy atom. The normalized spacial score (nSPS) is 10.6. The quantitative estimate of drug-likeness (QED) is 0.267. The molecular weight excluding hydrogens is 406 g/mol. The summed E-state index contributed by atoms with van der Waals surface area (Å²) in [6, 6.07) is 14.8. The van der Waals surface area contributed by atoms with Gasteiger partial charge in [0.2, 0.25) is 0 Å². The number of hydrogen-bond acceptors (Lipinski definition) is 6. The highest BCUT2D eigenvalue weighted by molar-refractivity contribution is 6.33. The summed E-state index contributed by atoms with van der Waals surface area (Å²) < 4.78 is 11.0. The first-order valence-electron chi connectivity index (χ1n) is 9.05. The fourth-order valence-corrected chi connectivity index (χ4v) is 2.68. The molecule has 0 aliphatic rings. The third kappa shape index (κ3) is 5.42. The minimum atomic E-state index is -0.591. The van der Waals surface area contributed by atoms with Crippen molar-refractivity contribution < 1.29 is 19.1 Å². The number of rotatable bonds is 7. The van der Waals surface area contributed by atoms with Gasteiger partial charge in [-0.1, -0.05) is 23.7 Å². The summed E-state index contributed by atoms with van der Waals surface area (Å²) in [5.74, 6) is -0.361. The Morgan fingerprint density at radius 1 is 1.13 bits per heavy atom. The Bertz CT molecular complexity index is 1070. The fourth-order valence-electron chi connectivity index (χ4n) is 2.47. The average molecular weight is 424 g/mol. The lowest BCUT2D eigenvalue weighted by Crippen LogP contribution is -2.17. The number of pyridine rings is 1. The predicted molar refractivity (Wildman–Crippen MR) is 113 cm³/mol. The Hall–Kier alpha value is -3.71. The van der Waals surface area contributed by atoms with Gasteiger partial charge >= 0.3 is 5.97 Å². The van der Waals surface area contributed by atoms with Crippen molar-refractivity contribution >= 4 is 29.7 Å². The molecule has 0 bridgehead atoms. The average Bonchev–Trinajstić information content (AvgIpc) is 2.76. The van der Waals surface area contributed by atoms with Gasteiger partial charge in [-0.25, -0.2) is 10.2 Å². The summed E-state index contributed by atoms with van der Waals surface area (Å²) in [7, 11) is 0. The molecule has 0 fully saturated rings. The molecule has 0 atom stereocenters. The highest BCUT2D eigenvalue weighted by Gasteiger charge is 2.15. The van der Waals surface area contributed by atoms with E-state index in [0.717, 1.165) is 0 Å². The van der Waals surface area contributed by atoms with Crippen LogP contribution in [0.15, 0.2) is 72.1 Å². The standard InChI is InChI=1S/C22H18ClN3O4/c1-2-29-20-12-15(13-25-26-21(27)16-6-5-11-24-14-16)9-10-19(20)30-22(28)17-7-3-4-8-18(17)23/h3-14H,2H2,1H3,(H,26,27)/b25-13+. The van der Waals surface area contributed by atoms with Crippen molar-refractivity contribution in [3.8, 4) is 11.5 Å². The molecule has 0 aliphatic heterocycles. The second-order valence-corrected chi connectivity index (χ2v) is 6.36. The van der Waals surface area contributed by atoms with Crippen LogP contribution in [0.4, 0.5) is 0 Å². The minimum absolute atomic E-state index is 0.248. The zero-order valence-electron chi connectivity index (χ0n) is 16.0. The van der Waals surface area contributed by atoms with Crippen LogP contribution in [0.2, 0.25) is 5.02 Å². The molecule has 0 spiro atoms. The number of hydrogen-bond donors (Lipinski definition) is 1. The zero-order chi connectivity index (χ0) is 21.3. The van der Waals surface area contributed by atoms with Crippen LogP contribution in [0, 0.1) is 0 Å². The van der Waals surface area contributed by atoms with E-state index >= 15 is 0 Å². The molecule has 1 heterocycles. The molecule has 7 nitrogen and oxygen atoms in total. The van der Waals surface area contributed by atoms with Gasteiger partial charge in [0.25, 0.3) is 5.91 Å². The number of benzene rings is 2. The molecule has 152 valence electrons. The van der Waals surface area contributed by atoms with Gasteiger partial charge in [0.05, 0.1) is 29.0 Å². The van der Waals surface area contributed by atoms with E-state index in [2.05, 4.69) is 15.5 Å². The van der Waals surface area contributed by atoms with Crippen molar-refractivity contribution in [1.29, 1.82) is 0 Å². The van der Waals surface area contributed by atoms with Crippen molar-refractivity contribution in [2.45, 2.75) is 6.92 Å². The summed E-state index contributed by atoms with van der Waals surface area (Å²) in [6.07, 6.45) is 4.48. The first kappa shape index (κ1) is 21.0. The highest BCUT2D eigenvalue weighted by Crippen LogP contribution is 2.29. The molecule has 1 amide bonds. The summed E-state index contributed by atoms with van der Waals surface area (Å²) in [6.45, 7) is 2.18. The van der Waals surface area contributed by atoms with Gasteiger partial charge in [0.15, 0.2) is 11.5 Å². The Morgan fingerprint density at radius 3 is 2.70 bits per heavy atom. The monoisotopic (exact) mass is 423 g/mol. The van der Waals surface area contributed by atoms with Crippen LogP contribution >= 0.6 is 11.6 Å². The highest BCUT2D eigenvalue weighted by atomic mass is 35.5. The number of ether oxygens (including phenoxy) is 2. The lowest BCUT2D eigenvalue weighted by molar-refractivity contribution is 0.0728. The van der Waals surface area contributed by atoms with Crippen molar-refractivity contribution in [3.63, 3.8) is 0 Å². The maximum absolute atomic E-state index is 12.4. The lowest BCUT2D eigenvalue weighted by Gasteiger charge is -2.12. The Labute approximate surface area is 178 Å². The predicted octanol–water partition coefficient (Wildman–Crippen LogP) is 4.12. The van der Waals surface area contributed by atoms with Crippen LogP contribution in [0.25, 0.3) is 0 Å². The van der Waals surface area contributed by atoms with Crippen LogP contribution in [0.1, 0.15) is 33.2 Å². The molecular formula is C22H18ClN3O4. The number of amides is 1. The first-order chi connectivity index (χ1) is 14.6. The molecule has 3 aromatic rings. The number of carbonyl (C=O) groups excluding carboxylic acids is 2. The Balaban J connectivity index is 1.72. The molecule has 30 heavy (non-hydrogen) atoms. The molecule has 0 radical (unpaired) electrons. The second-order valence-electron chi connectivity index (χ2n) is 5.95. The van der Waals surface area contributed by atoms with Crippen molar-refractivity contribution in [3.05, 3.63) is 88.7 Å². The van der Waals surface area contributed by atoms with Crippen LogP contribution in [-0.2, 0) is 0 Å². The second kappa shape index (κ2) is 10.2. The van der Waals surface area contributed by atoms with Crippen LogP contribution in [0.5, 0.6) is 11.5 Å². The van der Waals surface area contributed by atoms with E-state index in [0.29, 0.717) is 28.5 Å². The molecule has 0 unspecified atom stereocenters. The van der Waals surface area contributed by atoms with Crippen LogP contribution < -0.4 is 14.9 Å². The van der Waals surface area contributed by atoms with Gasteiger partial charge in [0.1, 0.15) is 0 Å². The number of esters is 1. The molecule has 2 aromatic carbocycles. The summed E-state index contributed by atoms with van der Waals surface area (Å²) in [4.78, 5) is 28.3.